The van der Waals surface area contributed by atoms with Crippen molar-refractivity contribution in [2.45, 2.75) is 5.75 Å². The fraction of sp³-hybridized carbons (Fsp3) is 0.273. The van der Waals surface area contributed by atoms with Crippen LogP contribution in [0.1, 0.15) is 15.9 Å². The Labute approximate surface area is 115 Å². The molecule has 0 heterocycles. The maximum atomic E-state index is 11.5. The summed E-state index contributed by atoms with van der Waals surface area (Å²) in [7, 11) is -2.58. The first-order chi connectivity index (χ1) is 9.34. The normalized spacial score (nSPS) is 11.1. The SMILES string of the molecule is COC(=O)c1ccc(CS(=O)(=O)NOCC(=O)O)cc1. The van der Waals surface area contributed by atoms with Crippen LogP contribution in [0.4, 0.5) is 0 Å². The number of benzene rings is 1. The molecule has 1 aromatic carbocycles. The zero-order valence-corrected chi connectivity index (χ0v) is 11.3. The lowest BCUT2D eigenvalue weighted by molar-refractivity contribution is -0.143. The van der Waals surface area contributed by atoms with Gasteiger partial charge in [0, 0.05) is 0 Å². The molecule has 110 valence electrons. The van der Waals surface area contributed by atoms with Crippen LogP contribution in [0.5, 0.6) is 0 Å². The number of carboxylic acid groups (broad SMARTS) is 1. The lowest BCUT2D eigenvalue weighted by atomic mass is 10.1. The molecule has 0 spiro atoms. The van der Waals surface area contributed by atoms with Crippen LogP contribution >= 0.6 is 0 Å². The molecule has 8 nitrogen and oxygen atoms in total. The Balaban J connectivity index is 2.63. The van der Waals surface area contributed by atoms with Crippen molar-refractivity contribution < 1.29 is 32.7 Å². The second-order valence-electron chi connectivity index (χ2n) is 3.71. The summed E-state index contributed by atoms with van der Waals surface area (Å²) in [5, 5.41) is 8.30. The predicted octanol–water partition coefficient (Wildman–Crippen LogP) is -0.0912. The molecule has 9 heteroatoms. The number of hydrogen-bond donors (Lipinski definition) is 2. The van der Waals surface area contributed by atoms with Crippen molar-refractivity contribution in [1.29, 1.82) is 0 Å². The number of esters is 1. The first kappa shape index (κ1) is 16.1. The van der Waals surface area contributed by atoms with Crippen molar-refractivity contribution in [1.82, 2.24) is 4.89 Å². The molecule has 0 unspecified atom stereocenters. The van der Waals surface area contributed by atoms with Crippen molar-refractivity contribution in [3.63, 3.8) is 0 Å². The molecule has 0 atom stereocenters. The molecule has 1 rings (SSSR count). The van der Waals surface area contributed by atoms with E-state index in [0.29, 0.717) is 11.1 Å². The highest BCUT2D eigenvalue weighted by Gasteiger charge is 2.13. The average molecular weight is 303 g/mol. The van der Waals surface area contributed by atoms with Gasteiger partial charge in [-0.05, 0) is 17.7 Å². The van der Waals surface area contributed by atoms with E-state index >= 15 is 0 Å². The van der Waals surface area contributed by atoms with Gasteiger partial charge in [0.05, 0.1) is 18.4 Å². The third-order valence-corrected chi connectivity index (χ3v) is 3.20. The highest BCUT2D eigenvalue weighted by molar-refractivity contribution is 7.88. The number of nitrogens with one attached hydrogen (secondary N) is 1. The first-order valence-electron chi connectivity index (χ1n) is 5.34. The van der Waals surface area contributed by atoms with Gasteiger partial charge >= 0.3 is 11.9 Å². The summed E-state index contributed by atoms with van der Waals surface area (Å²) in [6, 6.07) is 5.74. The molecule has 0 aliphatic carbocycles. The van der Waals surface area contributed by atoms with Gasteiger partial charge in [0.15, 0.2) is 6.61 Å². The second-order valence-corrected chi connectivity index (χ2v) is 5.40. The van der Waals surface area contributed by atoms with Crippen LogP contribution in [0.3, 0.4) is 0 Å². The quantitative estimate of drug-likeness (QED) is 0.533. The Morgan fingerprint density at radius 3 is 2.35 bits per heavy atom. The van der Waals surface area contributed by atoms with Crippen LogP contribution in [0.2, 0.25) is 0 Å². The minimum Gasteiger partial charge on any atom is -0.479 e. The standard InChI is InChI=1S/C11H13NO7S/c1-18-11(15)9-4-2-8(3-5-9)7-20(16,17)12-19-6-10(13)14/h2-5,12H,6-7H2,1H3,(H,13,14). The van der Waals surface area contributed by atoms with Gasteiger partial charge in [-0.3, -0.25) is 4.84 Å². The van der Waals surface area contributed by atoms with Gasteiger partial charge in [0.2, 0.25) is 10.0 Å². The molecule has 2 N–H and O–H groups in total. The Morgan fingerprint density at radius 2 is 1.85 bits per heavy atom. The fourth-order valence-corrected chi connectivity index (χ4v) is 2.21. The number of ether oxygens (including phenoxy) is 1. The smallest absolute Gasteiger partial charge is 0.337 e. The number of hydrogen-bond acceptors (Lipinski definition) is 6. The monoisotopic (exact) mass is 303 g/mol. The molecule has 0 saturated carbocycles. The minimum atomic E-state index is -3.82. The molecule has 0 bridgehead atoms. The molecule has 20 heavy (non-hydrogen) atoms. The van der Waals surface area contributed by atoms with E-state index in [1.165, 1.54) is 31.4 Å². The lowest BCUT2D eigenvalue weighted by Gasteiger charge is -2.06. The Kier molecular flexibility index (Phi) is 5.62. The number of rotatable bonds is 7. The third kappa shape index (κ3) is 5.34. The molecule has 0 fully saturated rings. The molecule has 0 aromatic heterocycles. The van der Waals surface area contributed by atoms with E-state index in [4.69, 9.17) is 5.11 Å². The first-order valence-corrected chi connectivity index (χ1v) is 6.99. The summed E-state index contributed by atoms with van der Waals surface area (Å²) in [6.45, 7) is -0.777. The maximum Gasteiger partial charge on any atom is 0.337 e. The van der Waals surface area contributed by atoms with Gasteiger partial charge < -0.3 is 9.84 Å². The van der Waals surface area contributed by atoms with Gasteiger partial charge in [0.1, 0.15) is 0 Å². The molecular weight excluding hydrogens is 290 g/mol. The Morgan fingerprint density at radius 1 is 1.25 bits per heavy atom. The second kappa shape index (κ2) is 6.98. The fourth-order valence-electron chi connectivity index (χ4n) is 1.28. The number of sulfonamides is 1. The number of carbonyl (C=O) groups excluding carboxylic acids is 1. The number of carboxylic acids is 1. The summed E-state index contributed by atoms with van der Waals surface area (Å²) in [5.41, 5.74) is 0.702. The highest BCUT2D eigenvalue weighted by Crippen LogP contribution is 2.08. The molecule has 0 saturated heterocycles. The summed E-state index contributed by atoms with van der Waals surface area (Å²) in [6.07, 6.45) is 0. The summed E-state index contributed by atoms with van der Waals surface area (Å²) in [4.78, 5) is 27.3. The Bertz CT molecular complexity index is 579. The van der Waals surface area contributed by atoms with Gasteiger partial charge in [0.25, 0.3) is 0 Å². The molecule has 0 aliphatic heterocycles. The zero-order valence-electron chi connectivity index (χ0n) is 10.5. The largest absolute Gasteiger partial charge is 0.479 e. The van der Waals surface area contributed by atoms with Crippen LogP contribution in [0, 0.1) is 0 Å². The molecule has 1 aromatic rings. The van der Waals surface area contributed by atoms with E-state index in [9.17, 15) is 18.0 Å². The molecule has 0 radical (unpaired) electrons. The number of aliphatic carboxylic acids is 1. The van der Waals surface area contributed by atoms with Crippen molar-refractivity contribution >= 4 is 22.0 Å². The topological polar surface area (TPSA) is 119 Å². The van der Waals surface area contributed by atoms with E-state index in [2.05, 4.69) is 9.57 Å². The summed E-state index contributed by atoms with van der Waals surface area (Å²) in [5.74, 6) is -2.23. The van der Waals surface area contributed by atoms with Crippen LogP contribution in [0.25, 0.3) is 0 Å². The average Bonchev–Trinajstić information content (AvgIpc) is 2.37. The van der Waals surface area contributed by atoms with Crippen molar-refractivity contribution in [2.24, 2.45) is 0 Å². The molecule has 0 amide bonds. The van der Waals surface area contributed by atoms with E-state index in [0.717, 1.165) is 0 Å². The van der Waals surface area contributed by atoms with Gasteiger partial charge in [-0.1, -0.05) is 17.0 Å². The highest BCUT2D eigenvalue weighted by atomic mass is 32.2. The maximum absolute atomic E-state index is 11.5. The van der Waals surface area contributed by atoms with Crippen molar-refractivity contribution in [2.75, 3.05) is 13.7 Å². The van der Waals surface area contributed by atoms with Crippen LogP contribution in [-0.4, -0.2) is 39.2 Å². The zero-order chi connectivity index (χ0) is 15.2. The van der Waals surface area contributed by atoms with Gasteiger partial charge in [-0.15, -0.1) is 0 Å². The summed E-state index contributed by atoms with van der Waals surface area (Å²) >= 11 is 0. The molecular formula is C11H13NO7S. The van der Waals surface area contributed by atoms with E-state index in [-0.39, 0.29) is 0 Å². The van der Waals surface area contributed by atoms with E-state index in [1.54, 1.807) is 4.89 Å². The van der Waals surface area contributed by atoms with Crippen molar-refractivity contribution in [3.8, 4) is 0 Å². The number of methoxy groups -OCH3 is 1. The number of carbonyl (C=O) groups is 2. The van der Waals surface area contributed by atoms with Crippen LogP contribution in [0.15, 0.2) is 24.3 Å². The molecule has 0 aliphatic rings. The van der Waals surface area contributed by atoms with Gasteiger partial charge in [-0.2, -0.15) is 0 Å². The lowest BCUT2D eigenvalue weighted by Crippen LogP contribution is -2.28. The minimum absolute atomic E-state index is 0.295. The van der Waals surface area contributed by atoms with Crippen molar-refractivity contribution in [3.05, 3.63) is 35.4 Å². The van der Waals surface area contributed by atoms with Crippen LogP contribution < -0.4 is 4.89 Å². The van der Waals surface area contributed by atoms with Crippen LogP contribution in [-0.2, 0) is 30.1 Å². The Hall–Kier alpha value is -1.97. The third-order valence-electron chi connectivity index (χ3n) is 2.11. The predicted molar refractivity (Wildman–Crippen MR) is 67.1 cm³/mol. The summed E-state index contributed by atoms with van der Waals surface area (Å²) < 4.78 is 27.6. The van der Waals surface area contributed by atoms with Gasteiger partial charge in [-0.25, -0.2) is 18.0 Å². The van der Waals surface area contributed by atoms with E-state index in [1.807, 2.05) is 0 Å². The van der Waals surface area contributed by atoms with E-state index < -0.39 is 34.3 Å².